The van der Waals surface area contributed by atoms with E-state index >= 15 is 0 Å². The van der Waals surface area contributed by atoms with Gasteiger partial charge in [0.15, 0.2) is 11.5 Å². The van der Waals surface area contributed by atoms with Crippen LogP contribution in [0.25, 0.3) is 0 Å². The SMILES string of the molecule is CC(C)[C@H](NS(=O)(=O)c1ccccc1)C(=O)Nc1ccc2c(c1)OC(F)(F)O2. The monoisotopic (exact) mass is 412 g/mol. The summed E-state index contributed by atoms with van der Waals surface area (Å²) < 4.78 is 62.3. The molecule has 2 aromatic carbocycles. The molecule has 0 aromatic heterocycles. The zero-order valence-electron chi connectivity index (χ0n) is 15.0. The van der Waals surface area contributed by atoms with Crippen LogP contribution in [0.4, 0.5) is 14.5 Å². The van der Waals surface area contributed by atoms with Gasteiger partial charge in [0.25, 0.3) is 0 Å². The van der Waals surface area contributed by atoms with E-state index in [1.54, 1.807) is 32.0 Å². The van der Waals surface area contributed by atoms with Gasteiger partial charge in [-0.05, 0) is 30.2 Å². The van der Waals surface area contributed by atoms with Gasteiger partial charge in [0.05, 0.1) is 4.90 Å². The van der Waals surface area contributed by atoms with Crippen molar-refractivity contribution in [1.29, 1.82) is 0 Å². The summed E-state index contributed by atoms with van der Waals surface area (Å²) in [5.74, 6) is -1.40. The maximum absolute atomic E-state index is 13.1. The number of nitrogens with one attached hydrogen (secondary N) is 2. The van der Waals surface area contributed by atoms with Crippen LogP contribution in [0.5, 0.6) is 11.5 Å². The Morgan fingerprint density at radius 3 is 2.32 bits per heavy atom. The van der Waals surface area contributed by atoms with Crippen LogP contribution in [0, 0.1) is 5.92 Å². The number of amides is 1. The molecule has 2 N–H and O–H groups in total. The fourth-order valence-corrected chi connectivity index (χ4v) is 3.94. The van der Waals surface area contributed by atoms with E-state index < -0.39 is 28.3 Å². The molecule has 28 heavy (non-hydrogen) atoms. The topological polar surface area (TPSA) is 93.7 Å². The number of hydrogen-bond donors (Lipinski definition) is 2. The van der Waals surface area contributed by atoms with E-state index in [4.69, 9.17) is 0 Å². The molecule has 7 nitrogen and oxygen atoms in total. The highest BCUT2D eigenvalue weighted by Crippen LogP contribution is 2.42. The first-order chi connectivity index (χ1) is 13.1. The van der Waals surface area contributed by atoms with Gasteiger partial charge in [-0.1, -0.05) is 32.0 Å². The fourth-order valence-electron chi connectivity index (χ4n) is 2.57. The third-order valence-corrected chi connectivity index (χ3v) is 5.41. The Balaban J connectivity index is 1.76. The Bertz CT molecular complexity index is 981. The maximum Gasteiger partial charge on any atom is 0.586 e. The van der Waals surface area contributed by atoms with Crippen LogP contribution < -0.4 is 19.5 Å². The normalized spacial score (nSPS) is 16.0. The highest BCUT2D eigenvalue weighted by Gasteiger charge is 2.43. The summed E-state index contributed by atoms with van der Waals surface area (Å²) in [6.45, 7) is 3.36. The molecule has 3 rings (SSSR count). The van der Waals surface area contributed by atoms with Crippen LogP contribution in [0.1, 0.15) is 13.8 Å². The van der Waals surface area contributed by atoms with Crippen LogP contribution in [0.3, 0.4) is 0 Å². The number of fused-ring (bicyclic) bond motifs is 1. The number of hydrogen-bond acceptors (Lipinski definition) is 5. The lowest BCUT2D eigenvalue weighted by molar-refractivity contribution is -0.286. The molecular formula is C18H18F2N2O5S. The van der Waals surface area contributed by atoms with Gasteiger partial charge in [-0.2, -0.15) is 4.72 Å². The first-order valence-electron chi connectivity index (χ1n) is 8.35. The number of rotatable bonds is 6. The van der Waals surface area contributed by atoms with Crippen molar-refractivity contribution in [3.63, 3.8) is 0 Å². The van der Waals surface area contributed by atoms with Gasteiger partial charge < -0.3 is 14.8 Å². The third kappa shape index (κ3) is 4.39. The summed E-state index contributed by atoms with van der Waals surface area (Å²) in [6, 6.07) is 10.3. The van der Waals surface area contributed by atoms with E-state index in [9.17, 15) is 22.0 Å². The maximum atomic E-state index is 13.1. The zero-order valence-corrected chi connectivity index (χ0v) is 15.8. The first kappa shape index (κ1) is 20.0. The number of benzene rings is 2. The second kappa shape index (κ2) is 7.36. The minimum Gasteiger partial charge on any atom is -0.395 e. The molecule has 0 spiro atoms. The summed E-state index contributed by atoms with van der Waals surface area (Å²) in [5, 5.41) is 2.51. The number of sulfonamides is 1. The lowest BCUT2D eigenvalue weighted by atomic mass is 10.0. The number of ether oxygens (including phenoxy) is 2. The molecule has 0 saturated heterocycles. The van der Waals surface area contributed by atoms with Crippen molar-refractivity contribution in [2.75, 3.05) is 5.32 Å². The molecule has 0 radical (unpaired) electrons. The van der Waals surface area contributed by atoms with Gasteiger partial charge in [0, 0.05) is 11.8 Å². The Kier molecular flexibility index (Phi) is 5.26. The fraction of sp³-hybridized carbons (Fsp3) is 0.278. The second-order valence-corrected chi connectivity index (χ2v) is 8.19. The molecule has 1 heterocycles. The summed E-state index contributed by atoms with van der Waals surface area (Å²) >= 11 is 0. The lowest BCUT2D eigenvalue weighted by Gasteiger charge is -2.21. The summed E-state index contributed by atoms with van der Waals surface area (Å²) in [7, 11) is -3.92. The third-order valence-electron chi connectivity index (χ3n) is 3.95. The molecule has 1 aliphatic rings. The molecule has 1 aliphatic heterocycles. The molecule has 0 saturated carbocycles. The van der Waals surface area contributed by atoms with Crippen LogP contribution in [-0.4, -0.2) is 26.7 Å². The largest absolute Gasteiger partial charge is 0.586 e. The number of carbonyl (C=O) groups is 1. The molecular weight excluding hydrogens is 394 g/mol. The van der Waals surface area contributed by atoms with Crippen LogP contribution in [0.2, 0.25) is 0 Å². The average Bonchev–Trinajstić information content (AvgIpc) is 2.93. The van der Waals surface area contributed by atoms with Gasteiger partial charge in [-0.3, -0.25) is 4.79 Å². The molecule has 2 aromatic rings. The number of anilines is 1. The average molecular weight is 412 g/mol. The first-order valence-corrected chi connectivity index (χ1v) is 9.84. The van der Waals surface area contributed by atoms with Gasteiger partial charge in [0.2, 0.25) is 15.9 Å². The predicted octanol–water partition coefficient (Wildman–Crippen LogP) is 2.95. The predicted molar refractivity (Wildman–Crippen MR) is 96.7 cm³/mol. The Hall–Kier alpha value is -2.72. The van der Waals surface area contributed by atoms with E-state index in [0.717, 1.165) is 0 Å². The lowest BCUT2D eigenvalue weighted by Crippen LogP contribution is -2.47. The smallest absolute Gasteiger partial charge is 0.395 e. The molecule has 0 fully saturated rings. The Morgan fingerprint density at radius 2 is 1.68 bits per heavy atom. The quantitative estimate of drug-likeness (QED) is 0.761. The number of halogens is 2. The van der Waals surface area contributed by atoms with E-state index in [1.165, 1.54) is 30.3 Å². The molecule has 1 amide bonds. The number of alkyl halides is 2. The highest BCUT2D eigenvalue weighted by molar-refractivity contribution is 7.89. The van der Waals surface area contributed by atoms with Crippen LogP contribution >= 0.6 is 0 Å². The zero-order chi connectivity index (χ0) is 20.5. The molecule has 1 atom stereocenters. The second-order valence-electron chi connectivity index (χ2n) is 6.47. The van der Waals surface area contributed by atoms with Crippen molar-refractivity contribution in [3.05, 3.63) is 48.5 Å². The van der Waals surface area contributed by atoms with Crippen molar-refractivity contribution in [1.82, 2.24) is 4.72 Å². The van der Waals surface area contributed by atoms with Crippen molar-refractivity contribution in [2.24, 2.45) is 5.92 Å². The van der Waals surface area contributed by atoms with Gasteiger partial charge in [-0.25, -0.2) is 8.42 Å². The van der Waals surface area contributed by atoms with E-state index in [2.05, 4.69) is 19.5 Å². The van der Waals surface area contributed by atoms with Crippen LogP contribution in [-0.2, 0) is 14.8 Å². The van der Waals surface area contributed by atoms with E-state index in [0.29, 0.717) is 0 Å². The summed E-state index contributed by atoms with van der Waals surface area (Å²) in [4.78, 5) is 12.7. The van der Waals surface area contributed by atoms with E-state index in [-0.39, 0.29) is 28.0 Å². The Morgan fingerprint density at radius 1 is 1.04 bits per heavy atom. The van der Waals surface area contributed by atoms with Crippen molar-refractivity contribution < 1.29 is 31.5 Å². The van der Waals surface area contributed by atoms with Crippen molar-refractivity contribution >= 4 is 21.6 Å². The number of carbonyl (C=O) groups excluding carboxylic acids is 1. The molecule has 0 bridgehead atoms. The van der Waals surface area contributed by atoms with E-state index in [1.807, 2.05) is 0 Å². The van der Waals surface area contributed by atoms with Gasteiger partial charge >= 0.3 is 6.29 Å². The molecule has 10 heteroatoms. The minimum absolute atomic E-state index is 0.0266. The summed E-state index contributed by atoms with van der Waals surface area (Å²) in [5.41, 5.74) is 0.162. The minimum atomic E-state index is -3.92. The van der Waals surface area contributed by atoms with Crippen molar-refractivity contribution in [2.45, 2.75) is 31.1 Å². The molecule has 0 unspecified atom stereocenters. The van der Waals surface area contributed by atoms with Crippen molar-refractivity contribution in [3.8, 4) is 11.5 Å². The standard InChI is InChI=1S/C18H18F2N2O5S/c1-11(2)16(22-28(24,25)13-6-4-3-5-7-13)17(23)21-12-8-9-14-15(10-12)27-18(19,20)26-14/h3-11,16,22H,1-2H3,(H,21,23)/t16-/m0/s1. The molecule has 0 aliphatic carbocycles. The summed E-state index contributed by atoms with van der Waals surface area (Å²) in [6.07, 6.45) is -3.77. The highest BCUT2D eigenvalue weighted by atomic mass is 32.2. The Labute approximate surface area is 160 Å². The van der Waals surface area contributed by atoms with Crippen LogP contribution in [0.15, 0.2) is 53.4 Å². The van der Waals surface area contributed by atoms with Gasteiger partial charge in [0.1, 0.15) is 6.04 Å². The van der Waals surface area contributed by atoms with Gasteiger partial charge in [-0.15, -0.1) is 8.78 Å². The molecule has 150 valence electrons.